The van der Waals surface area contributed by atoms with E-state index in [1.54, 1.807) is 0 Å². The molecule has 0 saturated heterocycles. The van der Waals surface area contributed by atoms with E-state index < -0.39 is 29.7 Å². The fourth-order valence-electron chi connectivity index (χ4n) is 2.15. The van der Waals surface area contributed by atoms with Gasteiger partial charge in [-0.2, -0.15) is 13.2 Å². The van der Waals surface area contributed by atoms with Crippen LogP contribution in [0.2, 0.25) is 0 Å². The van der Waals surface area contributed by atoms with Gasteiger partial charge < -0.3 is 10.1 Å². The highest BCUT2D eigenvalue weighted by atomic mass is 19.4. The molecule has 0 aromatic heterocycles. The van der Waals surface area contributed by atoms with E-state index in [0.29, 0.717) is 6.61 Å². The Hall–Kier alpha value is -2.05. The van der Waals surface area contributed by atoms with Crippen LogP contribution in [0.25, 0.3) is 0 Å². The third-order valence-electron chi connectivity index (χ3n) is 3.67. The molecule has 0 saturated carbocycles. The molecular weight excluding hydrogens is 335 g/mol. The van der Waals surface area contributed by atoms with Gasteiger partial charge in [0.2, 0.25) is 0 Å². The topological polar surface area (TPSA) is 55.4 Å². The zero-order valence-electron chi connectivity index (χ0n) is 14.5. The Kier molecular flexibility index (Phi) is 8.45. The SMILES string of the molecule is CCCCCCCOC(=O)C(C)NC(=O)c1ccc(C(F)(F)F)cc1. The fraction of sp³-hybridized carbons (Fsp3) is 0.556. The van der Waals surface area contributed by atoms with Gasteiger partial charge in [-0.25, -0.2) is 4.79 Å². The lowest BCUT2D eigenvalue weighted by Crippen LogP contribution is -2.39. The van der Waals surface area contributed by atoms with E-state index >= 15 is 0 Å². The summed E-state index contributed by atoms with van der Waals surface area (Å²) in [7, 11) is 0. The molecule has 1 unspecified atom stereocenters. The zero-order chi connectivity index (χ0) is 18.9. The standard InChI is InChI=1S/C18H24F3NO3/c1-3-4-5-6-7-12-25-17(24)13(2)22-16(23)14-8-10-15(11-9-14)18(19,20)21/h8-11,13H,3-7,12H2,1-2H3,(H,22,23). The molecule has 0 aliphatic carbocycles. The second-order valence-corrected chi connectivity index (χ2v) is 5.85. The van der Waals surface area contributed by atoms with Gasteiger partial charge in [0.05, 0.1) is 12.2 Å². The molecule has 0 bridgehead atoms. The van der Waals surface area contributed by atoms with Gasteiger partial charge in [0, 0.05) is 5.56 Å². The van der Waals surface area contributed by atoms with Crippen molar-refractivity contribution in [3.05, 3.63) is 35.4 Å². The van der Waals surface area contributed by atoms with Gasteiger partial charge in [0.25, 0.3) is 5.91 Å². The number of rotatable bonds is 9. The minimum absolute atomic E-state index is 0.0483. The zero-order valence-corrected chi connectivity index (χ0v) is 14.5. The number of unbranched alkanes of at least 4 members (excludes halogenated alkanes) is 4. The number of hydrogen-bond donors (Lipinski definition) is 1. The number of esters is 1. The van der Waals surface area contributed by atoms with Crippen molar-refractivity contribution in [1.29, 1.82) is 0 Å². The Bertz CT molecular complexity index is 556. The van der Waals surface area contributed by atoms with Gasteiger partial charge in [-0.15, -0.1) is 0 Å². The molecule has 0 radical (unpaired) electrons. The summed E-state index contributed by atoms with van der Waals surface area (Å²) in [6.45, 7) is 3.88. The molecule has 1 atom stereocenters. The Balaban J connectivity index is 2.41. The Morgan fingerprint density at radius 3 is 2.24 bits per heavy atom. The number of halogens is 3. The normalized spacial score (nSPS) is 12.5. The average Bonchev–Trinajstić information content (AvgIpc) is 2.57. The Morgan fingerprint density at radius 1 is 1.08 bits per heavy atom. The maximum Gasteiger partial charge on any atom is 0.416 e. The number of nitrogens with one attached hydrogen (secondary N) is 1. The second-order valence-electron chi connectivity index (χ2n) is 5.85. The van der Waals surface area contributed by atoms with Crippen molar-refractivity contribution in [2.24, 2.45) is 0 Å². The minimum atomic E-state index is -4.46. The molecule has 1 amide bonds. The van der Waals surface area contributed by atoms with Gasteiger partial charge in [0.15, 0.2) is 0 Å². The van der Waals surface area contributed by atoms with Crippen LogP contribution in [0.1, 0.15) is 61.9 Å². The average molecular weight is 359 g/mol. The first-order valence-corrected chi connectivity index (χ1v) is 8.40. The third kappa shape index (κ3) is 7.58. The number of benzene rings is 1. The summed E-state index contributed by atoms with van der Waals surface area (Å²) >= 11 is 0. The van der Waals surface area contributed by atoms with Crippen LogP contribution in [0.5, 0.6) is 0 Å². The van der Waals surface area contributed by atoms with Crippen LogP contribution < -0.4 is 5.32 Å². The minimum Gasteiger partial charge on any atom is -0.464 e. The predicted octanol–water partition coefficient (Wildman–Crippen LogP) is 4.34. The van der Waals surface area contributed by atoms with E-state index in [4.69, 9.17) is 4.74 Å². The van der Waals surface area contributed by atoms with Crippen molar-refractivity contribution in [2.75, 3.05) is 6.61 Å². The third-order valence-corrected chi connectivity index (χ3v) is 3.67. The van der Waals surface area contributed by atoms with Gasteiger partial charge in [-0.05, 0) is 37.6 Å². The molecule has 0 aliphatic rings. The van der Waals surface area contributed by atoms with Crippen molar-refractivity contribution < 1.29 is 27.5 Å². The molecular formula is C18H24F3NO3. The lowest BCUT2D eigenvalue weighted by molar-refractivity contribution is -0.145. The van der Waals surface area contributed by atoms with Crippen molar-refractivity contribution in [1.82, 2.24) is 5.32 Å². The molecule has 140 valence electrons. The summed E-state index contributed by atoms with van der Waals surface area (Å²) in [5.41, 5.74) is -0.785. The first-order valence-electron chi connectivity index (χ1n) is 8.40. The van der Waals surface area contributed by atoms with Crippen LogP contribution >= 0.6 is 0 Å². The van der Waals surface area contributed by atoms with Crippen LogP contribution in [0.3, 0.4) is 0 Å². The molecule has 1 rings (SSSR count). The number of carbonyl (C=O) groups is 2. The van der Waals surface area contributed by atoms with Gasteiger partial charge in [-0.3, -0.25) is 4.79 Å². The molecule has 1 N–H and O–H groups in total. The number of amides is 1. The molecule has 0 spiro atoms. The van der Waals surface area contributed by atoms with Gasteiger partial charge in [-0.1, -0.05) is 32.6 Å². The lowest BCUT2D eigenvalue weighted by Gasteiger charge is -2.14. The number of hydrogen-bond acceptors (Lipinski definition) is 3. The van der Waals surface area contributed by atoms with E-state index in [2.05, 4.69) is 12.2 Å². The second kappa shape index (κ2) is 10.1. The molecule has 4 nitrogen and oxygen atoms in total. The Morgan fingerprint density at radius 2 is 1.68 bits per heavy atom. The van der Waals surface area contributed by atoms with Gasteiger partial charge in [0.1, 0.15) is 6.04 Å². The number of ether oxygens (including phenoxy) is 1. The summed E-state index contributed by atoms with van der Waals surface area (Å²) in [6, 6.07) is 2.93. The first kappa shape index (κ1) is 21.0. The molecule has 1 aromatic rings. The highest BCUT2D eigenvalue weighted by Crippen LogP contribution is 2.29. The summed E-state index contributed by atoms with van der Waals surface area (Å²) in [6.07, 6.45) is 0.663. The highest BCUT2D eigenvalue weighted by Gasteiger charge is 2.30. The lowest BCUT2D eigenvalue weighted by atomic mass is 10.1. The smallest absolute Gasteiger partial charge is 0.416 e. The maximum absolute atomic E-state index is 12.5. The fourth-order valence-corrected chi connectivity index (χ4v) is 2.15. The molecule has 25 heavy (non-hydrogen) atoms. The van der Waals surface area contributed by atoms with Crippen molar-refractivity contribution >= 4 is 11.9 Å². The van der Waals surface area contributed by atoms with E-state index in [1.165, 1.54) is 6.92 Å². The molecule has 1 aromatic carbocycles. The molecule has 0 aliphatic heterocycles. The quantitative estimate of drug-likeness (QED) is 0.527. The molecule has 0 fully saturated rings. The van der Waals surface area contributed by atoms with Crippen LogP contribution in [-0.4, -0.2) is 24.5 Å². The summed E-state index contributed by atoms with van der Waals surface area (Å²) in [5.74, 6) is -1.18. The summed E-state index contributed by atoms with van der Waals surface area (Å²) in [5, 5.41) is 2.42. The van der Waals surface area contributed by atoms with Crippen LogP contribution in [0.15, 0.2) is 24.3 Å². The van der Waals surface area contributed by atoms with Crippen LogP contribution in [0.4, 0.5) is 13.2 Å². The monoisotopic (exact) mass is 359 g/mol. The molecule has 0 heterocycles. The summed E-state index contributed by atoms with van der Waals surface area (Å²) < 4.78 is 42.6. The van der Waals surface area contributed by atoms with Crippen LogP contribution in [-0.2, 0) is 15.7 Å². The van der Waals surface area contributed by atoms with Crippen molar-refractivity contribution in [3.8, 4) is 0 Å². The van der Waals surface area contributed by atoms with Crippen molar-refractivity contribution in [3.63, 3.8) is 0 Å². The summed E-state index contributed by atoms with van der Waals surface area (Å²) in [4.78, 5) is 23.8. The van der Waals surface area contributed by atoms with E-state index in [0.717, 1.165) is 56.4 Å². The highest BCUT2D eigenvalue weighted by molar-refractivity contribution is 5.96. The van der Waals surface area contributed by atoms with Crippen molar-refractivity contribution in [2.45, 2.75) is 58.2 Å². The van der Waals surface area contributed by atoms with Crippen LogP contribution in [0, 0.1) is 0 Å². The number of alkyl halides is 3. The number of carbonyl (C=O) groups excluding carboxylic acids is 2. The van der Waals surface area contributed by atoms with E-state index in [9.17, 15) is 22.8 Å². The Labute approximate surface area is 145 Å². The maximum atomic E-state index is 12.5. The van der Waals surface area contributed by atoms with E-state index in [-0.39, 0.29) is 5.56 Å². The largest absolute Gasteiger partial charge is 0.464 e. The first-order chi connectivity index (χ1) is 11.8. The predicted molar refractivity (Wildman–Crippen MR) is 88.1 cm³/mol. The van der Waals surface area contributed by atoms with Gasteiger partial charge >= 0.3 is 12.1 Å². The van der Waals surface area contributed by atoms with E-state index in [1.807, 2.05) is 0 Å². The molecule has 7 heteroatoms.